The average Bonchev–Trinajstić information content (AvgIpc) is 2.85. The maximum absolute atomic E-state index is 12.3. The van der Waals surface area contributed by atoms with Gasteiger partial charge in [0.1, 0.15) is 0 Å². The Hall–Kier alpha value is -1.47. The Bertz CT molecular complexity index is 550. The van der Waals surface area contributed by atoms with Gasteiger partial charge in [-0.2, -0.15) is 0 Å². The molecule has 0 aromatic carbocycles. The molecule has 0 spiro atoms. The molecule has 0 radical (unpaired) electrons. The molecule has 1 aliphatic rings. The molecule has 0 bridgehead atoms. The van der Waals surface area contributed by atoms with E-state index in [4.69, 9.17) is 0 Å². The van der Waals surface area contributed by atoms with Crippen molar-refractivity contribution in [2.24, 2.45) is 5.41 Å². The van der Waals surface area contributed by atoms with E-state index in [-0.39, 0.29) is 18.2 Å². The monoisotopic (exact) mass is 324 g/mol. The summed E-state index contributed by atoms with van der Waals surface area (Å²) in [6.07, 6.45) is 0.286. The smallest absolute Gasteiger partial charge is 0.231 e. The number of anilines is 1. The highest BCUT2D eigenvalue weighted by molar-refractivity contribution is 7.13. The van der Waals surface area contributed by atoms with Gasteiger partial charge in [-0.1, -0.05) is 20.8 Å². The predicted octanol–water partition coefficient (Wildman–Crippen LogP) is 1.49. The summed E-state index contributed by atoms with van der Waals surface area (Å²) in [5.74, 6) is 0.0167. The standard InChI is InChI=1S/C15H24N4O2S/c1-10-8-19(6-5-16-10)12(20)7-11-9-22-14(17-11)18-13(21)15(2,3)4/h9-10,16H,5-8H2,1-4H3,(H,17,18,21). The van der Waals surface area contributed by atoms with Gasteiger partial charge in [-0.3, -0.25) is 9.59 Å². The van der Waals surface area contributed by atoms with Crippen molar-refractivity contribution in [2.75, 3.05) is 25.0 Å². The Kier molecular flexibility index (Phi) is 5.18. The number of carbonyl (C=O) groups excluding carboxylic acids is 2. The van der Waals surface area contributed by atoms with Crippen LogP contribution in [0.1, 0.15) is 33.4 Å². The van der Waals surface area contributed by atoms with E-state index in [2.05, 4.69) is 22.5 Å². The number of thiazole rings is 1. The number of hydrogen-bond acceptors (Lipinski definition) is 5. The summed E-state index contributed by atoms with van der Waals surface area (Å²) in [6, 6.07) is 0.328. The zero-order valence-electron chi connectivity index (χ0n) is 13.6. The number of nitrogens with zero attached hydrogens (tertiary/aromatic N) is 2. The molecule has 1 saturated heterocycles. The Morgan fingerprint density at radius 3 is 2.86 bits per heavy atom. The largest absolute Gasteiger partial charge is 0.340 e. The van der Waals surface area contributed by atoms with Crippen molar-refractivity contribution in [3.63, 3.8) is 0 Å². The van der Waals surface area contributed by atoms with Crippen LogP contribution in [0.5, 0.6) is 0 Å². The van der Waals surface area contributed by atoms with Crippen LogP contribution in [-0.2, 0) is 16.0 Å². The normalized spacial score (nSPS) is 19.1. The summed E-state index contributed by atoms with van der Waals surface area (Å²) in [7, 11) is 0. The maximum atomic E-state index is 12.3. The number of rotatable bonds is 3. The summed E-state index contributed by atoms with van der Waals surface area (Å²) in [5, 5.41) is 8.50. The van der Waals surface area contributed by atoms with Crippen LogP contribution in [-0.4, -0.2) is 47.4 Å². The van der Waals surface area contributed by atoms with Crippen LogP contribution < -0.4 is 10.6 Å². The molecule has 2 rings (SSSR count). The molecule has 122 valence electrons. The van der Waals surface area contributed by atoms with E-state index < -0.39 is 5.41 Å². The van der Waals surface area contributed by atoms with Gasteiger partial charge in [0, 0.05) is 36.5 Å². The van der Waals surface area contributed by atoms with E-state index >= 15 is 0 Å². The number of nitrogens with one attached hydrogen (secondary N) is 2. The van der Waals surface area contributed by atoms with Gasteiger partial charge >= 0.3 is 0 Å². The second kappa shape index (κ2) is 6.75. The molecule has 2 N–H and O–H groups in total. The van der Waals surface area contributed by atoms with Crippen molar-refractivity contribution in [1.82, 2.24) is 15.2 Å². The SMILES string of the molecule is CC1CN(C(=O)Cc2csc(NC(=O)C(C)(C)C)n2)CCN1. The third-order valence-corrected chi connectivity index (χ3v) is 4.31. The molecule has 1 unspecified atom stereocenters. The van der Waals surface area contributed by atoms with Crippen LogP contribution >= 0.6 is 11.3 Å². The first-order valence-corrected chi connectivity index (χ1v) is 8.40. The highest BCUT2D eigenvalue weighted by Crippen LogP contribution is 2.21. The summed E-state index contributed by atoms with van der Waals surface area (Å²) < 4.78 is 0. The minimum atomic E-state index is -0.460. The van der Waals surface area contributed by atoms with Crippen LogP contribution in [0.25, 0.3) is 0 Å². The van der Waals surface area contributed by atoms with Gasteiger partial charge in [0.05, 0.1) is 12.1 Å². The number of carbonyl (C=O) groups is 2. The van der Waals surface area contributed by atoms with Gasteiger partial charge in [0.15, 0.2) is 5.13 Å². The second-order valence-corrected chi connectivity index (χ2v) is 7.58. The predicted molar refractivity (Wildman–Crippen MR) is 87.9 cm³/mol. The van der Waals surface area contributed by atoms with Gasteiger partial charge in [-0.05, 0) is 6.92 Å². The lowest BCUT2D eigenvalue weighted by molar-refractivity contribution is -0.131. The van der Waals surface area contributed by atoms with Gasteiger partial charge in [-0.25, -0.2) is 4.98 Å². The fourth-order valence-electron chi connectivity index (χ4n) is 2.16. The lowest BCUT2D eigenvalue weighted by Gasteiger charge is -2.31. The first-order valence-electron chi connectivity index (χ1n) is 7.52. The topological polar surface area (TPSA) is 74.3 Å². The van der Waals surface area contributed by atoms with E-state index in [0.717, 1.165) is 19.6 Å². The highest BCUT2D eigenvalue weighted by Gasteiger charge is 2.23. The summed E-state index contributed by atoms with van der Waals surface area (Å²) in [5.41, 5.74) is 0.254. The lowest BCUT2D eigenvalue weighted by atomic mass is 9.96. The Balaban J connectivity index is 1.91. The first-order chi connectivity index (χ1) is 10.3. The highest BCUT2D eigenvalue weighted by atomic mass is 32.1. The van der Waals surface area contributed by atoms with Gasteiger partial charge in [0.25, 0.3) is 0 Å². The molecule has 2 amide bonds. The Labute approximate surface area is 135 Å². The summed E-state index contributed by atoms with van der Waals surface area (Å²) in [6.45, 7) is 9.93. The van der Waals surface area contributed by atoms with Crippen molar-refractivity contribution >= 4 is 28.3 Å². The molecule has 1 aliphatic heterocycles. The number of piperazine rings is 1. The van der Waals surface area contributed by atoms with Crippen molar-refractivity contribution < 1.29 is 9.59 Å². The zero-order chi connectivity index (χ0) is 16.3. The molecule has 2 heterocycles. The van der Waals surface area contributed by atoms with E-state index in [1.807, 2.05) is 31.1 Å². The van der Waals surface area contributed by atoms with E-state index in [1.165, 1.54) is 11.3 Å². The average molecular weight is 324 g/mol. The number of amides is 2. The van der Waals surface area contributed by atoms with Crippen LogP contribution in [0.15, 0.2) is 5.38 Å². The Morgan fingerprint density at radius 1 is 1.50 bits per heavy atom. The number of aromatic nitrogens is 1. The van der Waals surface area contributed by atoms with Crippen LogP contribution in [0.4, 0.5) is 5.13 Å². The van der Waals surface area contributed by atoms with E-state index in [1.54, 1.807) is 0 Å². The summed E-state index contributed by atoms with van der Waals surface area (Å²) >= 11 is 1.36. The van der Waals surface area contributed by atoms with Crippen molar-refractivity contribution in [3.05, 3.63) is 11.1 Å². The Morgan fingerprint density at radius 2 is 2.23 bits per heavy atom. The minimum absolute atomic E-state index is 0.0735. The summed E-state index contributed by atoms with van der Waals surface area (Å²) in [4.78, 5) is 30.4. The molecule has 1 aromatic heterocycles. The van der Waals surface area contributed by atoms with Gasteiger partial charge < -0.3 is 15.5 Å². The fourth-order valence-corrected chi connectivity index (χ4v) is 2.86. The quantitative estimate of drug-likeness (QED) is 0.883. The van der Waals surface area contributed by atoms with Crippen molar-refractivity contribution in [3.8, 4) is 0 Å². The lowest BCUT2D eigenvalue weighted by Crippen LogP contribution is -2.51. The fraction of sp³-hybridized carbons (Fsp3) is 0.667. The van der Waals surface area contributed by atoms with Crippen LogP contribution in [0.2, 0.25) is 0 Å². The van der Waals surface area contributed by atoms with Crippen molar-refractivity contribution in [2.45, 2.75) is 40.2 Å². The molecular weight excluding hydrogens is 300 g/mol. The third-order valence-electron chi connectivity index (χ3n) is 3.51. The van der Waals surface area contributed by atoms with Crippen LogP contribution in [0, 0.1) is 5.41 Å². The molecule has 6 nitrogen and oxygen atoms in total. The van der Waals surface area contributed by atoms with E-state index in [0.29, 0.717) is 16.9 Å². The molecule has 0 aliphatic carbocycles. The molecule has 1 aromatic rings. The van der Waals surface area contributed by atoms with Crippen molar-refractivity contribution in [1.29, 1.82) is 0 Å². The molecule has 0 saturated carbocycles. The molecule has 1 atom stereocenters. The maximum Gasteiger partial charge on any atom is 0.231 e. The second-order valence-electron chi connectivity index (χ2n) is 6.72. The molecule has 1 fully saturated rings. The van der Waals surface area contributed by atoms with Gasteiger partial charge in [0.2, 0.25) is 11.8 Å². The molecule has 7 heteroatoms. The van der Waals surface area contributed by atoms with Gasteiger partial charge in [-0.15, -0.1) is 11.3 Å². The number of hydrogen-bond donors (Lipinski definition) is 2. The first kappa shape index (κ1) is 16.9. The minimum Gasteiger partial charge on any atom is -0.340 e. The van der Waals surface area contributed by atoms with E-state index in [9.17, 15) is 9.59 Å². The van der Waals surface area contributed by atoms with Crippen LogP contribution in [0.3, 0.4) is 0 Å². The zero-order valence-corrected chi connectivity index (χ0v) is 14.4. The third kappa shape index (κ3) is 4.51. The molecule has 22 heavy (non-hydrogen) atoms. The molecular formula is C15H24N4O2S.